The fourth-order valence-corrected chi connectivity index (χ4v) is 2.63. The minimum Gasteiger partial charge on any atom is -0.565 e. The van der Waals surface area contributed by atoms with Crippen LogP contribution in [-0.4, -0.2) is 38.2 Å². The molecule has 10 nitrogen and oxygen atoms in total. The average molecular weight is 456 g/mol. The van der Waals surface area contributed by atoms with Crippen molar-refractivity contribution in [2.75, 3.05) is 18.5 Å². The van der Waals surface area contributed by atoms with Crippen LogP contribution in [0.2, 0.25) is 5.02 Å². The maximum absolute atomic E-state index is 8.93. The van der Waals surface area contributed by atoms with Gasteiger partial charge in [0.25, 0.3) is 0 Å². The van der Waals surface area contributed by atoms with E-state index in [0.717, 1.165) is 17.8 Å². The van der Waals surface area contributed by atoms with Crippen molar-refractivity contribution in [3.63, 3.8) is 0 Å². The summed E-state index contributed by atoms with van der Waals surface area (Å²) in [6.45, 7) is 5.12. The molecular weight excluding hydrogens is 433 g/mol. The monoisotopic (exact) mass is 455 g/mol. The Kier molecular flexibility index (Phi) is 9.59. The van der Waals surface area contributed by atoms with Gasteiger partial charge in [0.2, 0.25) is 0 Å². The molecule has 0 bridgehead atoms. The Labute approximate surface area is 180 Å². The quantitative estimate of drug-likeness (QED) is 0.226. The van der Waals surface area contributed by atoms with Crippen LogP contribution in [0.25, 0.3) is 5.69 Å². The van der Waals surface area contributed by atoms with Crippen molar-refractivity contribution in [3.8, 4) is 11.4 Å². The summed E-state index contributed by atoms with van der Waals surface area (Å²) in [6.07, 6.45) is 5.84. The number of aromatic nitrogens is 4. The SMILES string of the molecule is CCc1ncnc(NCCOc2cnn(-c3ccc(C)cc3)c2)c1Cl.O=[P+]([O-])OO.[HH]. The lowest BCUT2D eigenvalue weighted by Crippen LogP contribution is -2.13. The van der Waals surface area contributed by atoms with Gasteiger partial charge in [0.15, 0.2) is 5.75 Å². The fourth-order valence-electron chi connectivity index (χ4n) is 2.33. The minimum atomic E-state index is -3.04. The molecule has 0 saturated heterocycles. The predicted molar refractivity (Wildman–Crippen MR) is 112 cm³/mol. The number of halogens is 1. The molecule has 3 rings (SSSR count). The van der Waals surface area contributed by atoms with Crippen LogP contribution in [0.5, 0.6) is 5.75 Å². The Hall–Kier alpha value is -2.62. The molecule has 0 aliphatic rings. The average Bonchev–Trinajstić information content (AvgIpc) is 3.22. The largest absolute Gasteiger partial charge is 0.565 e. The molecule has 3 aromatic rings. The van der Waals surface area contributed by atoms with E-state index < -0.39 is 8.25 Å². The van der Waals surface area contributed by atoms with Crippen molar-refractivity contribution in [2.24, 2.45) is 0 Å². The maximum Gasteiger partial charge on any atom is 0.521 e. The number of nitrogens with zero attached hydrogens (tertiary/aromatic N) is 4. The maximum atomic E-state index is 8.93. The van der Waals surface area contributed by atoms with E-state index in [4.69, 9.17) is 31.1 Å². The summed E-state index contributed by atoms with van der Waals surface area (Å²) in [7, 11) is -3.04. The molecule has 1 atom stereocenters. The van der Waals surface area contributed by atoms with E-state index in [1.807, 2.05) is 25.3 Å². The van der Waals surface area contributed by atoms with Gasteiger partial charge in [0.05, 0.1) is 30.3 Å². The highest BCUT2D eigenvalue weighted by Crippen LogP contribution is 2.21. The third kappa shape index (κ3) is 7.33. The lowest BCUT2D eigenvalue weighted by Gasteiger charge is -2.09. The van der Waals surface area contributed by atoms with Gasteiger partial charge in [-0.3, -0.25) is 0 Å². The van der Waals surface area contributed by atoms with E-state index in [2.05, 4.69) is 44.1 Å². The van der Waals surface area contributed by atoms with Gasteiger partial charge in [-0.2, -0.15) is 5.10 Å². The van der Waals surface area contributed by atoms with Crippen LogP contribution >= 0.6 is 19.9 Å². The zero-order valence-corrected chi connectivity index (χ0v) is 18.0. The molecule has 1 unspecified atom stereocenters. The van der Waals surface area contributed by atoms with Gasteiger partial charge in [0, 0.05) is 6.10 Å². The molecule has 0 fully saturated rings. The topological polar surface area (TPSA) is 134 Å². The first-order chi connectivity index (χ1) is 14.4. The van der Waals surface area contributed by atoms with Gasteiger partial charge < -0.3 is 14.9 Å². The van der Waals surface area contributed by atoms with Crippen molar-refractivity contribution < 1.29 is 25.6 Å². The predicted octanol–water partition coefficient (Wildman–Crippen LogP) is 3.42. The number of benzene rings is 1. The number of anilines is 1. The summed E-state index contributed by atoms with van der Waals surface area (Å²) < 4.78 is 19.1. The standard InChI is InChI=1S/C18H20ClN5O.HO4P.H2/c1-3-16-17(19)18(22-12-21-16)20-8-9-25-15-10-23-24(11-15)14-6-4-13(2)5-7-14;1-4-5(2)3;/h4-7,10-12H,3,8-9H2,1-2H3,(H,20,21,22);1H;1H. The van der Waals surface area contributed by atoms with Crippen LogP contribution in [-0.2, 0) is 15.7 Å². The van der Waals surface area contributed by atoms with Crippen LogP contribution in [0, 0.1) is 6.92 Å². The molecule has 1 aromatic carbocycles. The van der Waals surface area contributed by atoms with Crippen LogP contribution in [0.4, 0.5) is 5.82 Å². The molecule has 0 saturated carbocycles. The molecule has 162 valence electrons. The molecule has 30 heavy (non-hydrogen) atoms. The van der Waals surface area contributed by atoms with E-state index in [1.165, 1.54) is 11.9 Å². The molecule has 0 aliphatic heterocycles. The van der Waals surface area contributed by atoms with Crippen molar-refractivity contribution in [1.29, 1.82) is 0 Å². The second kappa shape index (κ2) is 12.2. The molecule has 2 aromatic heterocycles. The van der Waals surface area contributed by atoms with Gasteiger partial charge in [-0.1, -0.05) is 36.2 Å². The second-order valence-corrected chi connectivity index (χ2v) is 6.86. The molecule has 2 heterocycles. The third-order valence-electron chi connectivity index (χ3n) is 3.78. The number of rotatable bonds is 8. The van der Waals surface area contributed by atoms with E-state index in [9.17, 15) is 0 Å². The highest BCUT2D eigenvalue weighted by molar-refractivity contribution is 7.30. The van der Waals surface area contributed by atoms with E-state index in [0.29, 0.717) is 29.7 Å². The van der Waals surface area contributed by atoms with Gasteiger partial charge in [-0.05, 0) is 30.0 Å². The van der Waals surface area contributed by atoms with E-state index in [-0.39, 0.29) is 1.43 Å². The normalized spacial score (nSPS) is 10.8. The number of nitrogens with one attached hydrogen (secondary N) is 1. The molecule has 0 spiro atoms. The highest BCUT2D eigenvalue weighted by Gasteiger charge is 2.07. The molecule has 0 radical (unpaired) electrons. The van der Waals surface area contributed by atoms with Gasteiger partial charge in [-0.15, -0.1) is 0 Å². The van der Waals surface area contributed by atoms with Crippen molar-refractivity contribution in [3.05, 3.63) is 59.3 Å². The molecule has 2 N–H and O–H groups in total. The first-order valence-corrected chi connectivity index (χ1v) is 10.4. The van der Waals surface area contributed by atoms with Crippen LogP contribution in [0.15, 0.2) is 43.0 Å². The summed E-state index contributed by atoms with van der Waals surface area (Å²) in [6, 6.07) is 8.15. The Morgan fingerprint density at radius 2 is 2.03 bits per heavy atom. The number of hydrogen-bond donors (Lipinski definition) is 2. The lowest BCUT2D eigenvalue weighted by molar-refractivity contribution is -0.244. The summed E-state index contributed by atoms with van der Waals surface area (Å²) in [5.74, 6) is 1.35. The van der Waals surface area contributed by atoms with Crippen molar-refractivity contribution >= 4 is 25.7 Å². The van der Waals surface area contributed by atoms with Crippen LogP contribution < -0.4 is 14.9 Å². The molecular formula is C18H23ClN5O5P. The van der Waals surface area contributed by atoms with Crippen LogP contribution in [0.1, 0.15) is 19.6 Å². The highest BCUT2D eigenvalue weighted by atomic mass is 35.5. The smallest absolute Gasteiger partial charge is 0.521 e. The third-order valence-corrected chi connectivity index (χ3v) is 4.31. The molecule has 0 aliphatic carbocycles. The summed E-state index contributed by atoms with van der Waals surface area (Å²) in [4.78, 5) is 17.2. The first-order valence-electron chi connectivity index (χ1n) is 8.88. The Bertz CT molecular complexity index is 961. The zero-order valence-electron chi connectivity index (χ0n) is 16.4. The minimum absolute atomic E-state index is 0. The Morgan fingerprint density at radius 1 is 1.33 bits per heavy atom. The van der Waals surface area contributed by atoms with Gasteiger partial charge >= 0.3 is 8.25 Å². The van der Waals surface area contributed by atoms with Gasteiger partial charge in [-0.25, -0.2) is 19.9 Å². The summed E-state index contributed by atoms with van der Waals surface area (Å²) >= 11 is 6.25. The Balaban J connectivity index is 0.000000721. The number of aryl methyl sites for hydroxylation is 2. The zero-order chi connectivity index (χ0) is 21.9. The van der Waals surface area contributed by atoms with E-state index in [1.54, 1.807) is 10.9 Å². The number of ether oxygens (including phenoxy) is 1. The first kappa shape index (κ1) is 23.7. The summed E-state index contributed by atoms with van der Waals surface area (Å²) in [5, 5.41) is 15.1. The number of hydrogen-bond acceptors (Lipinski definition) is 9. The molecule has 12 heteroatoms. The van der Waals surface area contributed by atoms with Crippen molar-refractivity contribution in [2.45, 2.75) is 20.3 Å². The molecule has 0 amide bonds. The van der Waals surface area contributed by atoms with Crippen LogP contribution in [0.3, 0.4) is 0 Å². The fraction of sp³-hybridized carbons (Fsp3) is 0.278. The van der Waals surface area contributed by atoms with E-state index >= 15 is 0 Å². The second-order valence-electron chi connectivity index (χ2n) is 5.87. The van der Waals surface area contributed by atoms with Gasteiger partial charge in [0.1, 0.15) is 23.8 Å². The Morgan fingerprint density at radius 3 is 2.67 bits per heavy atom. The van der Waals surface area contributed by atoms with Crippen molar-refractivity contribution in [1.82, 2.24) is 19.7 Å². The summed E-state index contributed by atoms with van der Waals surface area (Å²) in [5.41, 5.74) is 3.05. The lowest BCUT2D eigenvalue weighted by atomic mass is 10.2.